The third-order valence-corrected chi connectivity index (χ3v) is 6.18. The van der Waals surface area contributed by atoms with Crippen LogP contribution in [0.4, 0.5) is 5.69 Å². The van der Waals surface area contributed by atoms with Crippen molar-refractivity contribution >= 4 is 15.7 Å². The van der Waals surface area contributed by atoms with E-state index in [4.69, 9.17) is 9.47 Å². The van der Waals surface area contributed by atoms with Crippen LogP contribution in [-0.4, -0.2) is 43.9 Å². The van der Waals surface area contributed by atoms with Gasteiger partial charge in [-0.2, -0.15) is 4.31 Å². The Hall–Kier alpha value is -2.49. The maximum absolute atomic E-state index is 12.7. The zero-order valence-electron chi connectivity index (χ0n) is 15.0. The van der Waals surface area contributed by atoms with Gasteiger partial charge in [-0.15, -0.1) is 0 Å². The molecule has 2 aromatic rings. The summed E-state index contributed by atoms with van der Waals surface area (Å²) in [6.45, 7) is 4.81. The molecule has 1 aliphatic heterocycles. The molecule has 0 N–H and O–H groups in total. The molecule has 0 atom stereocenters. The number of aryl methyl sites for hydroxylation is 2. The molecule has 0 unspecified atom stereocenters. The molecule has 0 saturated carbocycles. The van der Waals surface area contributed by atoms with Gasteiger partial charge < -0.3 is 9.47 Å². The minimum Gasteiger partial charge on any atom is -0.450 e. The summed E-state index contributed by atoms with van der Waals surface area (Å²) in [5, 5.41) is 11.5. The molecule has 1 saturated heterocycles. The summed E-state index contributed by atoms with van der Waals surface area (Å²) < 4.78 is 37.6. The molecule has 1 aliphatic rings. The quantitative estimate of drug-likeness (QED) is 0.573. The Kier molecular flexibility index (Phi) is 5.45. The van der Waals surface area contributed by atoms with Gasteiger partial charge in [-0.1, -0.05) is 17.7 Å². The number of nitrogens with zero attached hydrogens (tertiary/aromatic N) is 2. The van der Waals surface area contributed by atoms with E-state index in [-0.39, 0.29) is 23.7 Å². The standard InChI is InChI=1S/C18H20N2O6S/c1-13-3-5-17(14(2)11-13)26-18-6-4-15(12-16(18)20(21)22)27(23,24)19-7-9-25-10-8-19/h3-6,11-12H,7-10H2,1-2H3. The van der Waals surface area contributed by atoms with Crippen molar-refractivity contribution in [3.05, 3.63) is 57.6 Å². The molecular weight excluding hydrogens is 372 g/mol. The van der Waals surface area contributed by atoms with Crippen molar-refractivity contribution in [2.45, 2.75) is 18.7 Å². The van der Waals surface area contributed by atoms with Crippen molar-refractivity contribution in [1.29, 1.82) is 0 Å². The molecular formula is C18H20N2O6S. The Balaban J connectivity index is 1.96. The number of ether oxygens (including phenoxy) is 2. The minimum atomic E-state index is -3.83. The Morgan fingerprint density at radius 1 is 1.07 bits per heavy atom. The zero-order valence-corrected chi connectivity index (χ0v) is 15.9. The van der Waals surface area contributed by atoms with Crippen molar-refractivity contribution in [2.75, 3.05) is 26.3 Å². The number of hydrogen-bond acceptors (Lipinski definition) is 6. The number of nitro benzene ring substituents is 1. The molecule has 0 aromatic heterocycles. The van der Waals surface area contributed by atoms with E-state index in [2.05, 4.69) is 0 Å². The maximum Gasteiger partial charge on any atom is 0.312 e. The van der Waals surface area contributed by atoms with E-state index >= 15 is 0 Å². The number of benzene rings is 2. The number of rotatable bonds is 5. The molecule has 27 heavy (non-hydrogen) atoms. The van der Waals surface area contributed by atoms with Gasteiger partial charge in [-0.25, -0.2) is 8.42 Å². The fraction of sp³-hybridized carbons (Fsp3) is 0.333. The summed E-state index contributed by atoms with van der Waals surface area (Å²) in [6, 6.07) is 9.17. The first-order valence-electron chi connectivity index (χ1n) is 8.40. The van der Waals surface area contributed by atoms with Crippen LogP contribution in [0.3, 0.4) is 0 Å². The number of sulfonamides is 1. The fourth-order valence-corrected chi connectivity index (χ4v) is 4.28. The molecule has 0 spiro atoms. The van der Waals surface area contributed by atoms with Gasteiger partial charge in [0.05, 0.1) is 23.0 Å². The lowest BCUT2D eigenvalue weighted by Gasteiger charge is -2.26. The molecule has 1 heterocycles. The van der Waals surface area contributed by atoms with E-state index < -0.39 is 20.6 Å². The highest BCUT2D eigenvalue weighted by molar-refractivity contribution is 7.89. The highest BCUT2D eigenvalue weighted by Crippen LogP contribution is 2.35. The summed E-state index contributed by atoms with van der Waals surface area (Å²) in [7, 11) is -3.83. The topological polar surface area (TPSA) is 99.0 Å². The van der Waals surface area contributed by atoms with Gasteiger partial charge in [0, 0.05) is 19.2 Å². The smallest absolute Gasteiger partial charge is 0.312 e. The molecule has 8 nitrogen and oxygen atoms in total. The highest BCUT2D eigenvalue weighted by atomic mass is 32.2. The van der Waals surface area contributed by atoms with Gasteiger partial charge in [-0.3, -0.25) is 10.1 Å². The van der Waals surface area contributed by atoms with Gasteiger partial charge in [0.2, 0.25) is 15.8 Å². The van der Waals surface area contributed by atoms with E-state index in [0.29, 0.717) is 19.0 Å². The molecule has 2 aromatic carbocycles. The van der Waals surface area contributed by atoms with E-state index in [1.165, 1.54) is 16.4 Å². The van der Waals surface area contributed by atoms with Crippen LogP contribution in [0.15, 0.2) is 41.3 Å². The Morgan fingerprint density at radius 3 is 2.37 bits per heavy atom. The van der Waals surface area contributed by atoms with Gasteiger partial charge >= 0.3 is 5.69 Å². The second-order valence-electron chi connectivity index (χ2n) is 6.27. The lowest BCUT2D eigenvalue weighted by molar-refractivity contribution is -0.385. The third kappa shape index (κ3) is 4.10. The lowest BCUT2D eigenvalue weighted by atomic mass is 10.1. The van der Waals surface area contributed by atoms with Crippen molar-refractivity contribution in [3.63, 3.8) is 0 Å². The zero-order chi connectivity index (χ0) is 19.6. The Labute approximate surface area is 157 Å². The van der Waals surface area contributed by atoms with Crippen LogP contribution in [0.2, 0.25) is 0 Å². The lowest BCUT2D eigenvalue weighted by Crippen LogP contribution is -2.40. The summed E-state index contributed by atoms with van der Waals surface area (Å²) in [5.74, 6) is 0.473. The molecule has 144 valence electrons. The number of nitro groups is 1. The SMILES string of the molecule is Cc1ccc(Oc2ccc(S(=O)(=O)N3CCOCC3)cc2[N+](=O)[O-])c(C)c1. The molecule has 9 heteroatoms. The molecule has 0 radical (unpaired) electrons. The summed E-state index contributed by atoms with van der Waals surface area (Å²) >= 11 is 0. The average Bonchev–Trinajstić information content (AvgIpc) is 2.64. The van der Waals surface area contributed by atoms with E-state index in [0.717, 1.165) is 17.2 Å². The molecule has 0 bridgehead atoms. The largest absolute Gasteiger partial charge is 0.450 e. The monoisotopic (exact) mass is 392 g/mol. The van der Waals surface area contributed by atoms with Gasteiger partial charge in [0.15, 0.2) is 0 Å². The van der Waals surface area contributed by atoms with Crippen LogP contribution < -0.4 is 4.74 Å². The molecule has 0 aliphatic carbocycles. The van der Waals surface area contributed by atoms with Crippen LogP contribution in [-0.2, 0) is 14.8 Å². The van der Waals surface area contributed by atoms with Gasteiger partial charge in [0.25, 0.3) is 0 Å². The van der Waals surface area contributed by atoms with E-state index in [1.807, 2.05) is 26.0 Å². The minimum absolute atomic E-state index is 0.00659. The van der Waals surface area contributed by atoms with E-state index in [9.17, 15) is 18.5 Å². The number of hydrogen-bond donors (Lipinski definition) is 0. The normalized spacial score (nSPS) is 15.5. The Morgan fingerprint density at radius 2 is 1.74 bits per heavy atom. The van der Waals surface area contributed by atoms with Crippen molar-refractivity contribution in [3.8, 4) is 11.5 Å². The first-order chi connectivity index (χ1) is 12.8. The van der Waals surface area contributed by atoms with Gasteiger partial charge in [0.1, 0.15) is 5.75 Å². The fourth-order valence-electron chi connectivity index (χ4n) is 2.85. The first kappa shape index (κ1) is 19.3. The number of morpholine rings is 1. The summed E-state index contributed by atoms with van der Waals surface area (Å²) in [6.07, 6.45) is 0. The van der Waals surface area contributed by atoms with Crippen molar-refractivity contribution in [2.24, 2.45) is 0 Å². The van der Waals surface area contributed by atoms with Crippen LogP contribution in [0.1, 0.15) is 11.1 Å². The summed E-state index contributed by atoms with van der Waals surface area (Å²) in [4.78, 5) is 10.7. The molecule has 0 amide bonds. The van der Waals surface area contributed by atoms with Crippen LogP contribution in [0.25, 0.3) is 0 Å². The third-order valence-electron chi connectivity index (χ3n) is 4.29. The first-order valence-corrected chi connectivity index (χ1v) is 9.84. The summed E-state index contributed by atoms with van der Waals surface area (Å²) in [5.41, 5.74) is 1.47. The maximum atomic E-state index is 12.7. The Bertz CT molecular complexity index is 968. The second-order valence-corrected chi connectivity index (χ2v) is 8.21. The van der Waals surface area contributed by atoms with E-state index in [1.54, 1.807) is 6.07 Å². The van der Waals surface area contributed by atoms with Gasteiger partial charge in [-0.05, 0) is 37.6 Å². The molecule has 3 rings (SSSR count). The predicted molar refractivity (Wildman–Crippen MR) is 98.7 cm³/mol. The van der Waals surface area contributed by atoms with Crippen molar-refractivity contribution in [1.82, 2.24) is 4.31 Å². The highest BCUT2D eigenvalue weighted by Gasteiger charge is 2.29. The van der Waals surface area contributed by atoms with Crippen LogP contribution in [0.5, 0.6) is 11.5 Å². The second kappa shape index (κ2) is 7.63. The predicted octanol–water partition coefficient (Wildman–Crippen LogP) is 3.02. The van der Waals surface area contributed by atoms with Crippen LogP contribution in [0, 0.1) is 24.0 Å². The van der Waals surface area contributed by atoms with Crippen molar-refractivity contribution < 1.29 is 22.8 Å². The molecule has 1 fully saturated rings. The average molecular weight is 392 g/mol. The van der Waals surface area contributed by atoms with Crippen LogP contribution >= 0.6 is 0 Å².